The maximum Gasteiger partial charge on any atom is 0.302 e. The lowest BCUT2D eigenvalue weighted by Gasteiger charge is -2.04. The van der Waals surface area contributed by atoms with Crippen LogP contribution in [-0.4, -0.2) is 27.4 Å². The van der Waals surface area contributed by atoms with Crippen LogP contribution in [0.25, 0.3) is 0 Å². The molecule has 1 aliphatic rings. The van der Waals surface area contributed by atoms with Gasteiger partial charge in [-0.15, -0.1) is 3.89 Å². The van der Waals surface area contributed by atoms with Gasteiger partial charge in [-0.25, -0.2) is 0 Å². The Kier molecular flexibility index (Phi) is 3.46. The van der Waals surface area contributed by atoms with Crippen LogP contribution in [0.3, 0.4) is 0 Å². The molecule has 3 nitrogen and oxygen atoms in total. The molecule has 0 saturated carbocycles. The molecule has 0 N–H and O–H groups in total. The molecule has 1 saturated heterocycles. The van der Waals surface area contributed by atoms with Crippen molar-refractivity contribution in [2.75, 3.05) is 19.0 Å². The molecule has 1 unspecified atom stereocenters. The Labute approximate surface area is 72.1 Å². The Bertz CT molecular complexity index is 219. The van der Waals surface area contributed by atoms with Gasteiger partial charge in [0.2, 0.25) is 0 Å². The van der Waals surface area contributed by atoms with E-state index in [9.17, 15) is 12.3 Å². The van der Waals surface area contributed by atoms with Gasteiger partial charge < -0.3 is 4.74 Å². The Morgan fingerprint density at radius 1 is 1.50 bits per heavy atom. The summed E-state index contributed by atoms with van der Waals surface area (Å²) >= 11 is 0. The Morgan fingerprint density at radius 3 is 2.75 bits per heavy atom. The van der Waals surface area contributed by atoms with Crippen molar-refractivity contribution < 1.29 is 17.0 Å². The third-order valence-corrected chi connectivity index (χ3v) is 2.80. The lowest BCUT2D eigenvalue weighted by molar-refractivity contribution is 0.184. The van der Waals surface area contributed by atoms with Gasteiger partial charge in [0.1, 0.15) is 0 Å². The van der Waals surface area contributed by atoms with Crippen LogP contribution in [0.5, 0.6) is 0 Å². The molecule has 0 amide bonds. The van der Waals surface area contributed by atoms with Crippen molar-refractivity contribution in [2.24, 2.45) is 5.92 Å². The van der Waals surface area contributed by atoms with E-state index < -0.39 is 10.2 Å². The molecule has 0 spiro atoms. The highest BCUT2D eigenvalue weighted by atomic mass is 32.3. The summed E-state index contributed by atoms with van der Waals surface area (Å²) in [5.41, 5.74) is 0. The largest absolute Gasteiger partial charge is 0.381 e. The van der Waals surface area contributed by atoms with Crippen molar-refractivity contribution in [2.45, 2.75) is 19.3 Å². The van der Waals surface area contributed by atoms with Crippen molar-refractivity contribution in [3.63, 3.8) is 0 Å². The average molecular weight is 196 g/mol. The van der Waals surface area contributed by atoms with Crippen LogP contribution in [-0.2, 0) is 15.0 Å². The fourth-order valence-corrected chi connectivity index (χ4v) is 1.87. The summed E-state index contributed by atoms with van der Waals surface area (Å²) in [5, 5.41) is 0. The molecule has 0 bridgehead atoms. The maximum atomic E-state index is 12.0. The fourth-order valence-electron chi connectivity index (χ4n) is 1.36. The van der Waals surface area contributed by atoms with Crippen LogP contribution in [0.15, 0.2) is 0 Å². The second-order valence-electron chi connectivity index (χ2n) is 3.11. The van der Waals surface area contributed by atoms with E-state index in [0.717, 1.165) is 19.4 Å². The molecule has 0 radical (unpaired) electrons. The lowest BCUT2D eigenvalue weighted by Crippen LogP contribution is -2.04. The highest BCUT2D eigenvalue weighted by Crippen LogP contribution is 2.18. The van der Waals surface area contributed by atoms with Gasteiger partial charge in [-0.05, 0) is 25.2 Å². The van der Waals surface area contributed by atoms with E-state index in [2.05, 4.69) is 0 Å². The first-order valence-corrected chi connectivity index (χ1v) is 5.63. The zero-order chi connectivity index (χ0) is 9.03. The maximum absolute atomic E-state index is 12.0. The summed E-state index contributed by atoms with van der Waals surface area (Å²) < 4.78 is 37.3. The van der Waals surface area contributed by atoms with Gasteiger partial charge in [0, 0.05) is 13.2 Å². The zero-order valence-corrected chi connectivity index (χ0v) is 7.65. The number of halogens is 1. The van der Waals surface area contributed by atoms with Crippen LogP contribution in [0.4, 0.5) is 3.89 Å². The molecule has 72 valence electrons. The van der Waals surface area contributed by atoms with Crippen molar-refractivity contribution in [3.8, 4) is 0 Å². The minimum atomic E-state index is -4.26. The van der Waals surface area contributed by atoms with Crippen LogP contribution in [0.2, 0.25) is 0 Å². The van der Waals surface area contributed by atoms with E-state index in [-0.39, 0.29) is 5.75 Å². The van der Waals surface area contributed by atoms with Gasteiger partial charge in [0.05, 0.1) is 5.75 Å². The summed E-state index contributed by atoms with van der Waals surface area (Å²) in [5.74, 6) is 0.0931. The SMILES string of the molecule is O=S(=O)(F)CCCC1CCOC1. The first-order valence-electron chi connectivity index (χ1n) is 4.08. The molecule has 0 aromatic carbocycles. The average Bonchev–Trinajstić information content (AvgIpc) is 2.36. The Morgan fingerprint density at radius 2 is 2.25 bits per heavy atom. The summed E-state index contributed by atoms with van der Waals surface area (Å²) in [6, 6.07) is 0. The molecule has 12 heavy (non-hydrogen) atoms. The van der Waals surface area contributed by atoms with Crippen molar-refractivity contribution >= 4 is 10.2 Å². The Hall–Kier alpha value is -0.160. The first-order chi connectivity index (χ1) is 5.58. The fraction of sp³-hybridized carbons (Fsp3) is 1.00. The predicted molar refractivity (Wildman–Crippen MR) is 43.1 cm³/mol. The Balaban J connectivity index is 2.09. The van der Waals surface area contributed by atoms with Crippen LogP contribution in [0, 0.1) is 5.92 Å². The van der Waals surface area contributed by atoms with Crippen LogP contribution < -0.4 is 0 Å². The highest BCUT2D eigenvalue weighted by molar-refractivity contribution is 7.86. The smallest absolute Gasteiger partial charge is 0.302 e. The van der Waals surface area contributed by atoms with Gasteiger partial charge in [0.15, 0.2) is 0 Å². The van der Waals surface area contributed by atoms with Crippen molar-refractivity contribution in [3.05, 3.63) is 0 Å². The molecule has 0 aliphatic carbocycles. The monoisotopic (exact) mass is 196 g/mol. The van der Waals surface area contributed by atoms with Crippen LogP contribution in [0.1, 0.15) is 19.3 Å². The van der Waals surface area contributed by atoms with E-state index in [0.29, 0.717) is 18.9 Å². The molecule has 5 heteroatoms. The summed E-state index contributed by atoms with van der Waals surface area (Å²) in [4.78, 5) is 0. The third kappa shape index (κ3) is 4.01. The first kappa shape index (κ1) is 9.92. The van der Waals surface area contributed by atoms with E-state index in [1.54, 1.807) is 0 Å². The van der Waals surface area contributed by atoms with Crippen LogP contribution >= 0.6 is 0 Å². The molecule has 1 heterocycles. The van der Waals surface area contributed by atoms with Gasteiger partial charge in [-0.3, -0.25) is 0 Å². The molecule has 1 fully saturated rings. The van der Waals surface area contributed by atoms with E-state index in [1.165, 1.54) is 0 Å². The second-order valence-corrected chi connectivity index (χ2v) is 4.60. The van der Waals surface area contributed by atoms with Crippen molar-refractivity contribution in [1.29, 1.82) is 0 Å². The van der Waals surface area contributed by atoms with Gasteiger partial charge in [-0.2, -0.15) is 8.42 Å². The molecular formula is C7H13FO3S. The number of ether oxygens (including phenoxy) is 1. The summed E-state index contributed by atoms with van der Waals surface area (Å²) in [6.07, 6.45) is 2.14. The van der Waals surface area contributed by atoms with E-state index in [1.807, 2.05) is 0 Å². The predicted octanol–water partition coefficient (Wildman–Crippen LogP) is 1.10. The highest BCUT2D eigenvalue weighted by Gasteiger charge is 2.16. The minimum absolute atomic E-state index is 0.344. The second kappa shape index (κ2) is 4.18. The standard InChI is InChI=1S/C7H13FO3S/c8-12(9,10)5-1-2-7-3-4-11-6-7/h7H,1-6H2. The zero-order valence-electron chi connectivity index (χ0n) is 6.83. The number of hydrogen-bond donors (Lipinski definition) is 0. The number of hydrogen-bond acceptors (Lipinski definition) is 3. The topological polar surface area (TPSA) is 43.4 Å². The summed E-state index contributed by atoms with van der Waals surface area (Å²) in [7, 11) is -4.26. The normalized spacial score (nSPS) is 24.6. The van der Waals surface area contributed by atoms with Gasteiger partial charge >= 0.3 is 10.2 Å². The van der Waals surface area contributed by atoms with E-state index in [4.69, 9.17) is 4.74 Å². The molecule has 1 rings (SSSR count). The molecule has 0 aromatic heterocycles. The number of rotatable bonds is 4. The molecule has 1 aliphatic heterocycles. The van der Waals surface area contributed by atoms with Crippen molar-refractivity contribution in [1.82, 2.24) is 0 Å². The molecule has 0 aromatic rings. The van der Waals surface area contributed by atoms with Gasteiger partial charge in [0.25, 0.3) is 0 Å². The quantitative estimate of drug-likeness (QED) is 0.632. The summed E-state index contributed by atoms with van der Waals surface area (Å²) in [6.45, 7) is 1.46. The van der Waals surface area contributed by atoms with E-state index >= 15 is 0 Å². The van der Waals surface area contributed by atoms with Gasteiger partial charge in [-0.1, -0.05) is 0 Å². The minimum Gasteiger partial charge on any atom is -0.381 e. The molecule has 1 atom stereocenters. The molecular weight excluding hydrogens is 183 g/mol. The third-order valence-electron chi connectivity index (χ3n) is 2.02. The lowest BCUT2D eigenvalue weighted by atomic mass is 10.0.